The van der Waals surface area contributed by atoms with E-state index in [9.17, 15) is 14.7 Å². The Balaban J connectivity index is 1.63. The number of likely N-dealkylation sites (N-methyl/N-ethyl adjacent to an activating group) is 1. The third-order valence-corrected chi connectivity index (χ3v) is 6.35. The number of carbonyl (C=O) groups excluding carboxylic acids is 1. The first-order chi connectivity index (χ1) is 15.0. The van der Waals surface area contributed by atoms with Crippen molar-refractivity contribution in [3.05, 3.63) is 95.6 Å². The molecule has 1 aliphatic rings. The molecule has 0 radical (unpaired) electrons. The van der Waals surface area contributed by atoms with Gasteiger partial charge in [-0.2, -0.15) is 0 Å². The predicted molar refractivity (Wildman–Crippen MR) is 119 cm³/mol. The van der Waals surface area contributed by atoms with Gasteiger partial charge in [-0.25, -0.2) is 9.59 Å². The van der Waals surface area contributed by atoms with E-state index in [1.165, 1.54) is 7.05 Å². The lowest BCUT2D eigenvalue weighted by molar-refractivity contribution is -0.164. The number of aliphatic carboxylic acids is 1. The van der Waals surface area contributed by atoms with Gasteiger partial charge in [-0.05, 0) is 34.9 Å². The Morgan fingerprint density at radius 2 is 1.45 bits per heavy atom. The first-order valence-electron chi connectivity index (χ1n) is 10.3. The van der Waals surface area contributed by atoms with Crippen LogP contribution in [0, 0.1) is 0 Å². The molecule has 3 aromatic rings. The van der Waals surface area contributed by atoms with Gasteiger partial charge in [0.25, 0.3) is 0 Å². The van der Waals surface area contributed by atoms with Gasteiger partial charge in [0.1, 0.15) is 6.61 Å². The van der Waals surface area contributed by atoms with E-state index in [0.717, 1.165) is 27.8 Å². The van der Waals surface area contributed by atoms with Crippen molar-refractivity contribution in [3.8, 4) is 11.1 Å². The molecular formula is C26H25NO4. The van der Waals surface area contributed by atoms with E-state index in [1.807, 2.05) is 66.7 Å². The van der Waals surface area contributed by atoms with E-state index in [4.69, 9.17) is 4.74 Å². The Morgan fingerprint density at radius 1 is 0.935 bits per heavy atom. The molecule has 2 atom stereocenters. The quantitative estimate of drug-likeness (QED) is 0.447. The highest BCUT2D eigenvalue weighted by Gasteiger charge is 2.52. The van der Waals surface area contributed by atoms with Crippen LogP contribution in [0.15, 0.2) is 78.9 Å². The van der Waals surface area contributed by atoms with Crippen molar-refractivity contribution in [3.63, 3.8) is 0 Å². The molecule has 0 spiro atoms. The maximum Gasteiger partial charge on any atom is 0.338 e. The summed E-state index contributed by atoms with van der Waals surface area (Å²) >= 11 is 0. The third-order valence-electron chi connectivity index (χ3n) is 6.35. The number of nitrogens with one attached hydrogen (secondary N) is 1. The fourth-order valence-corrected chi connectivity index (χ4v) is 4.58. The zero-order chi connectivity index (χ0) is 22.0. The second-order valence-electron chi connectivity index (χ2n) is 7.82. The normalized spacial score (nSPS) is 15.4. The zero-order valence-corrected chi connectivity index (χ0v) is 17.5. The highest BCUT2D eigenvalue weighted by molar-refractivity contribution is 6.05. The van der Waals surface area contributed by atoms with Crippen molar-refractivity contribution in [1.82, 2.24) is 5.32 Å². The number of hydrogen-bond acceptors (Lipinski definition) is 4. The molecule has 2 N–H and O–H groups in total. The molecule has 1 aliphatic carbocycles. The summed E-state index contributed by atoms with van der Waals surface area (Å²) in [5.74, 6) is -2.82. The van der Waals surface area contributed by atoms with Crippen LogP contribution >= 0.6 is 0 Å². The zero-order valence-electron chi connectivity index (χ0n) is 17.5. The number of benzene rings is 3. The molecule has 0 unspecified atom stereocenters. The molecule has 4 rings (SSSR count). The van der Waals surface area contributed by atoms with Crippen molar-refractivity contribution < 1.29 is 19.4 Å². The van der Waals surface area contributed by atoms with Crippen LogP contribution in [0.5, 0.6) is 0 Å². The van der Waals surface area contributed by atoms with Crippen LogP contribution in [-0.2, 0) is 14.3 Å². The summed E-state index contributed by atoms with van der Waals surface area (Å²) in [6, 6.07) is 25.2. The standard InChI is InChI=1S/C26H25NO4/c1-17(18-10-4-3-5-11-18)26(27-2,24(28)29)25(30)31-16-23-21-14-8-6-12-19(21)20-13-7-9-15-22(20)23/h3-15,17,23,27H,16H2,1-2H3,(H,28,29)/t17-,26-/m1/s1. The second kappa shape index (κ2) is 8.36. The summed E-state index contributed by atoms with van der Waals surface area (Å²) in [5, 5.41) is 12.8. The van der Waals surface area contributed by atoms with Gasteiger partial charge in [-0.1, -0.05) is 85.8 Å². The third kappa shape index (κ3) is 3.41. The molecule has 0 amide bonds. The number of carboxylic acid groups (broad SMARTS) is 1. The molecular weight excluding hydrogens is 390 g/mol. The molecule has 0 aromatic heterocycles. The van der Waals surface area contributed by atoms with Crippen molar-refractivity contribution in [2.75, 3.05) is 13.7 Å². The van der Waals surface area contributed by atoms with Gasteiger partial charge >= 0.3 is 11.9 Å². The number of rotatable bonds is 7. The number of carboxylic acids is 1. The van der Waals surface area contributed by atoms with Crippen LogP contribution in [0.4, 0.5) is 0 Å². The van der Waals surface area contributed by atoms with Gasteiger partial charge in [-0.3, -0.25) is 5.32 Å². The number of fused-ring (bicyclic) bond motifs is 3. The molecule has 0 saturated carbocycles. The first kappa shape index (κ1) is 20.8. The van der Waals surface area contributed by atoms with Crippen LogP contribution in [0.2, 0.25) is 0 Å². The minimum atomic E-state index is -1.89. The average molecular weight is 415 g/mol. The number of esters is 1. The summed E-state index contributed by atoms with van der Waals surface area (Å²) in [7, 11) is 1.48. The van der Waals surface area contributed by atoms with Crippen molar-refractivity contribution in [2.24, 2.45) is 0 Å². The minimum absolute atomic E-state index is 0.0745. The van der Waals surface area contributed by atoms with Gasteiger partial charge in [0, 0.05) is 11.8 Å². The molecule has 5 heteroatoms. The Hall–Kier alpha value is -3.44. The number of hydrogen-bond donors (Lipinski definition) is 2. The van der Waals surface area contributed by atoms with Gasteiger partial charge in [0.15, 0.2) is 0 Å². The monoisotopic (exact) mass is 415 g/mol. The molecule has 0 aliphatic heterocycles. The van der Waals surface area contributed by atoms with E-state index >= 15 is 0 Å². The predicted octanol–water partition coefficient (Wildman–Crippen LogP) is 4.19. The molecule has 0 saturated heterocycles. The van der Waals surface area contributed by atoms with Crippen LogP contribution in [0.25, 0.3) is 11.1 Å². The minimum Gasteiger partial charge on any atom is -0.479 e. The SMILES string of the molecule is CN[C@](C(=O)O)(C(=O)OCC1c2ccccc2-c2ccccc21)[C@H](C)c1ccccc1. The average Bonchev–Trinajstić information content (AvgIpc) is 3.12. The smallest absolute Gasteiger partial charge is 0.338 e. The highest BCUT2D eigenvalue weighted by Crippen LogP contribution is 2.44. The molecule has 5 nitrogen and oxygen atoms in total. The topological polar surface area (TPSA) is 75.6 Å². The van der Waals surface area contributed by atoms with E-state index in [1.54, 1.807) is 6.92 Å². The highest BCUT2D eigenvalue weighted by atomic mass is 16.5. The Bertz CT molecular complexity index is 1070. The van der Waals surface area contributed by atoms with Crippen LogP contribution in [-0.4, -0.2) is 36.2 Å². The molecule has 3 aromatic carbocycles. The Kier molecular flexibility index (Phi) is 5.61. The molecule has 0 bridgehead atoms. The summed E-state index contributed by atoms with van der Waals surface area (Å²) < 4.78 is 5.72. The maximum atomic E-state index is 13.3. The lowest BCUT2D eigenvalue weighted by Gasteiger charge is -2.33. The molecule has 0 fully saturated rings. The number of ether oxygens (including phenoxy) is 1. The Labute approximate surface area is 181 Å². The van der Waals surface area contributed by atoms with Crippen molar-refractivity contribution in [1.29, 1.82) is 0 Å². The van der Waals surface area contributed by atoms with Gasteiger partial charge in [0.2, 0.25) is 5.54 Å². The second-order valence-corrected chi connectivity index (χ2v) is 7.82. The molecule has 31 heavy (non-hydrogen) atoms. The fraction of sp³-hybridized carbons (Fsp3) is 0.231. The lowest BCUT2D eigenvalue weighted by Crippen LogP contribution is -2.61. The molecule has 0 heterocycles. The van der Waals surface area contributed by atoms with Gasteiger partial charge < -0.3 is 9.84 Å². The summed E-state index contributed by atoms with van der Waals surface area (Å²) in [5.41, 5.74) is 3.26. The lowest BCUT2D eigenvalue weighted by atomic mass is 9.80. The fourth-order valence-electron chi connectivity index (χ4n) is 4.58. The van der Waals surface area contributed by atoms with Crippen molar-refractivity contribution in [2.45, 2.75) is 24.3 Å². The van der Waals surface area contributed by atoms with E-state index in [2.05, 4.69) is 17.4 Å². The van der Waals surface area contributed by atoms with Crippen LogP contribution < -0.4 is 5.32 Å². The van der Waals surface area contributed by atoms with E-state index < -0.39 is 23.4 Å². The van der Waals surface area contributed by atoms with Crippen LogP contribution in [0.1, 0.15) is 35.4 Å². The van der Waals surface area contributed by atoms with Gasteiger partial charge in [0.05, 0.1) is 0 Å². The molecule has 158 valence electrons. The summed E-state index contributed by atoms with van der Waals surface area (Å²) in [6.45, 7) is 1.80. The summed E-state index contributed by atoms with van der Waals surface area (Å²) in [4.78, 5) is 25.6. The van der Waals surface area contributed by atoms with Crippen LogP contribution in [0.3, 0.4) is 0 Å². The largest absolute Gasteiger partial charge is 0.479 e. The van der Waals surface area contributed by atoms with Gasteiger partial charge in [-0.15, -0.1) is 0 Å². The number of carbonyl (C=O) groups is 2. The van der Waals surface area contributed by atoms with E-state index in [0.29, 0.717) is 0 Å². The first-order valence-corrected chi connectivity index (χ1v) is 10.3. The summed E-state index contributed by atoms with van der Waals surface area (Å²) in [6.07, 6.45) is 0. The maximum absolute atomic E-state index is 13.3. The Morgan fingerprint density at radius 3 is 1.97 bits per heavy atom. The van der Waals surface area contributed by atoms with E-state index in [-0.39, 0.29) is 12.5 Å². The van der Waals surface area contributed by atoms with Crippen molar-refractivity contribution >= 4 is 11.9 Å².